The molecule has 2 heterocycles. The van der Waals surface area contributed by atoms with Crippen LogP contribution in [0.3, 0.4) is 0 Å². The van der Waals surface area contributed by atoms with Gasteiger partial charge in [-0.15, -0.1) is 10.2 Å². The van der Waals surface area contributed by atoms with Crippen LogP contribution in [0.2, 0.25) is 0 Å². The van der Waals surface area contributed by atoms with E-state index in [0.717, 1.165) is 22.2 Å². The second kappa shape index (κ2) is 6.38. The minimum atomic E-state index is -0.930. The Morgan fingerprint density at radius 1 is 1.27 bits per heavy atom. The van der Waals surface area contributed by atoms with Gasteiger partial charge in [-0.05, 0) is 53.3 Å². The number of aliphatic hydroxyl groups excluding tert-OH is 1. The lowest BCUT2D eigenvalue weighted by Crippen LogP contribution is -2.32. The molecule has 0 fully saturated rings. The average Bonchev–Trinajstić information content (AvgIpc) is 3.10. The number of aliphatic hydroxyl groups is 1. The number of rotatable bonds is 4. The summed E-state index contributed by atoms with van der Waals surface area (Å²) in [7, 11) is 0. The number of hydrogen-bond acceptors (Lipinski definition) is 6. The van der Waals surface area contributed by atoms with Crippen LogP contribution in [-0.2, 0) is 11.2 Å². The molecule has 4 rings (SSSR count). The summed E-state index contributed by atoms with van der Waals surface area (Å²) in [5.41, 5.74) is 3.78. The first-order chi connectivity index (χ1) is 12.6. The SMILES string of the molecule is CCc1ccc2c(c1)C(CC(=O)O)N(c1ccc3snnc3c1)N=C2O. The van der Waals surface area contributed by atoms with Crippen LogP contribution in [-0.4, -0.2) is 31.7 Å². The monoisotopic (exact) mass is 368 g/mol. The van der Waals surface area contributed by atoms with Crippen LogP contribution in [0.15, 0.2) is 41.5 Å². The van der Waals surface area contributed by atoms with E-state index in [0.29, 0.717) is 16.8 Å². The summed E-state index contributed by atoms with van der Waals surface area (Å²) < 4.78 is 4.86. The third-order valence-corrected chi connectivity index (χ3v) is 5.19. The molecule has 0 aliphatic carbocycles. The molecule has 0 saturated carbocycles. The van der Waals surface area contributed by atoms with Gasteiger partial charge in [-0.1, -0.05) is 23.5 Å². The minimum absolute atomic E-state index is 0.124. The zero-order valence-corrected chi connectivity index (χ0v) is 14.8. The number of aryl methyl sites for hydroxylation is 1. The number of hydrogen-bond donors (Lipinski definition) is 2. The van der Waals surface area contributed by atoms with Gasteiger partial charge in [0.1, 0.15) is 5.52 Å². The maximum Gasteiger partial charge on any atom is 0.305 e. The number of nitrogens with zero attached hydrogens (tertiary/aromatic N) is 4. The Kier molecular flexibility index (Phi) is 4.04. The fraction of sp³-hybridized carbons (Fsp3) is 0.222. The molecule has 1 atom stereocenters. The quantitative estimate of drug-likeness (QED) is 0.731. The lowest BCUT2D eigenvalue weighted by Gasteiger charge is -2.33. The summed E-state index contributed by atoms with van der Waals surface area (Å²) in [5.74, 6) is -1.05. The summed E-state index contributed by atoms with van der Waals surface area (Å²) in [4.78, 5) is 11.5. The molecule has 1 unspecified atom stereocenters. The van der Waals surface area contributed by atoms with Crippen molar-refractivity contribution in [2.24, 2.45) is 5.10 Å². The Bertz CT molecular complexity index is 1030. The molecule has 0 saturated heterocycles. The van der Waals surface area contributed by atoms with E-state index in [-0.39, 0.29) is 12.3 Å². The fourth-order valence-corrected chi connectivity index (χ4v) is 3.72. The van der Waals surface area contributed by atoms with Crippen molar-refractivity contribution in [1.82, 2.24) is 9.59 Å². The molecule has 8 heteroatoms. The summed E-state index contributed by atoms with van der Waals surface area (Å²) >= 11 is 1.29. The molecule has 2 N–H and O–H groups in total. The third-order valence-electron chi connectivity index (χ3n) is 4.48. The van der Waals surface area contributed by atoms with Crippen LogP contribution in [0.4, 0.5) is 5.69 Å². The highest BCUT2D eigenvalue weighted by molar-refractivity contribution is 7.12. The summed E-state index contributed by atoms with van der Waals surface area (Å²) in [5, 5.41) is 29.7. The summed E-state index contributed by atoms with van der Waals surface area (Å²) in [6.45, 7) is 2.03. The first-order valence-electron chi connectivity index (χ1n) is 8.20. The second-order valence-corrected chi connectivity index (χ2v) is 6.87. The fourth-order valence-electron chi connectivity index (χ4n) is 3.18. The zero-order chi connectivity index (χ0) is 18.3. The second-order valence-electron chi connectivity index (χ2n) is 6.08. The van der Waals surface area contributed by atoms with E-state index in [4.69, 9.17) is 0 Å². The molecule has 7 nitrogen and oxygen atoms in total. The maximum atomic E-state index is 11.5. The Labute approximate surface area is 153 Å². The van der Waals surface area contributed by atoms with Gasteiger partial charge in [-0.3, -0.25) is 9.80 Å². The number of hydrazone groups is 1. The normalized spacial score (nSPS) is 16.4. The molecule has 0 bridgehead atoms. The first-order valence-corrected chi connectivity index (χ1v) is 8.98. The van der Waals surface area contributed by atoms with E-state index in [9.17, 15) is 15.0 Å². The van der Waals surface area contributed by atoms with Gasteiger partial charge < -0.3 is 10.2 Å². The molecule has 0 radical (unpaired) electrons. The molecule has 26 heavy (non-hydrogen) atoms. The van der Waals surface area contributed by atoms with Crippen LogP contribution in [0.5, 0.6) is 0 Å². The molecule has 0 amide bonds. The van der Waals surface area contributed by atoms with Gasteiger partial charge in [-0.25, -0.2) is 0 Å². The van der Waals surface area contributed by atoms with Crippen LogP contribution < -0.4 is 5.01 Å². The van der Waals surface area contributed by atoms with Crippen molar-refractivity contribution < 1.29 is 15.0 Å². The summed E-state index contributed by atoms with van der Waals surface area (Å²) in [6.07, 6.45) is 0.686. The van der Waals surface area contributed by atoms with Crippen molar-refractivity contribution in [2.75, 3.05) is 5.01 Å². The zero-order valence-electron chi connectivity index (χ0n) is 14.0. The van der Waals surface area contributed by atoms with E-state index in [2.05, 4.69) is 14.7 Å². The van der Waals surface area contributed by atoms with E-state index >= 15 is 0 Å². The number of fused-ring (bicyclic) bond motifs is 2. The van der Waals surface area contributed by atoms with Gasteiger partial charge in [0.05, 0.1) is 22.8 Å². The van der Waals surface area contributed by atoms with Gasteiger partial charge in [0, 0.05) is 5.56 Å². The molecule has 3 aromatic rings. The van der Waals surface area contributed by atoms with E-state index in [1.807, 2.05) is 31.2 Å². The predicted octanol–water partition coefficient (Wildman–Crippen LogP) is 3.51. The van der Waals surface area contributed by atoms with E-state index < -0.39 is 12.0 Å². The largest absolute Gasteiger partial charge is 0.492 e. The Hall–Kier alpha value is -3.00. The van der Waals surface area contributed by atoms with Crippen LogP contribution >= 0.6 is 11.5 Å². The maximum absolute atomic E-state index is 11.5. The summed E-state index contributed by atoms with van der Waals surface area (Å²) in [6, 6.07) is 10.7. The Balaban J connectivity index is 1.86. The van der Waals surface area contributed by atoms with Crippen molar-refractivity contribution in [1.29, 1.82) is 0 Å². The van der Waals surface area contributed by atoms with Gasteiger partial charge in [0.2, 0.25) is 5.90 Å². The van der Waals surface area contributed by atoms with Crippen LogP contribution in [0.1, 0.15) is 36.1 Å². The molecule has 1 aliphatic rings. The number of aliphatic carboxylic acids is 1. The average molecular weight is 368 g/mol. The van der Waals surface area contributed by atoms with Gasteiger partial charge >= 0.3 is 5.97 Å². The number of aromatic nitrogens is 2. The standard InChI is InChI=1S/C18H16N4O3S/c1-2-10-3-5-12-13(7-10)15(9-17(23)24)22(20-18(12)25)11-4-6-16-14(8-11)19-21-26-16/h3-8,15H,2,9H2,1H3,(H,20,25)(H,23,24). The highest BCUT2D eigenvalue weighted by Crippen LogP contribution is 2.37. The van der Waals surface area contributed by atoms with Gasteiger partial charge in [0.15, 0.2) is 0 Å². The predicted molar refractivity (Wildman–Crippen MR) is 99.9 cm³/mol. The third kappa shape index (κ3) is 2.78. The molecule has 132 valence electrons. The van der Waals surface area contributed by atoms with Crippen molar-refractivity contribution in [3.63, 3.8) is 0 Å². The number of carbonyl (C=O) groups is 1. The number of benzene rings is 2. The van der Waals surface area contributed by atoms with Crippen molar-refractivity contribution in [3.05, 3.63) is 53.1 Å². The molecule has 0 spiro atoms. The van der Waals surface area contributed by atoms with Crippen molar-refractivity contribution >= 4 is 39.3 Å². The van der Waals surface area contributed by atoms with Crippen LogP contribution in [0.25, 0.3) is 10.2 Å². The molecular weight excluding hydrogens is 352 g/mol. The van der Waals surface area contributed by atoms with E-state index in [1.54, 1.807) is 17.1 Å². The lowest BCUT2D eigenvalue weighted by molar-refractivity contribution is -0.137. The van der Waals surface area contributed by atoms with Crippen molar-refractivity contribution in [3.8, 4) is 0 Å². The van der Waals surface area contributed by atoms with Crippen molar-refractivity contribution in [2.45, 2.75) is 25.8 Å². The number of anilines is 1. The Morgan fingerprint density at radius 2 is 2.12 bits per heavy atom. The lowest BCUT2D eigenvalue weighted by atomic mass is 9.93. The molecule has 2 aromatic carbocycles. The minimum Gasteiger partial charge on any atom is -0.492 e. The van der Waals surface area contributed by atoms with Gasteiger partial charge in [-0.2, -0.15) is 0 Å². The highest BCUT2D eigenvalue weighted by atomic mass is 32.1. The van der Waals surface area contributed by atoms with E-state index in [1.165, 1.54) is 11.5 Å². The highest BCUT2D eigenvalue weighted by Gasteiger charge is 2.32. The Morgan fingerprint density at radius 3 is 2.88 bits per heavy atom. The van der Waals surface area contributed by atoms with Gasteiger partial charge in [0.25, 0.3) is 0 Å². The smallest absolute Gasteiger partial charge is 0.305 e. The molecule has 1 aliphatic heterocycles. The first kappa shape index (κ1) is 16.5. The molecule has 1 aromatic heterocycles. The number of carboxylic acids is 1. The molecular formula is C18H16N4O3S. The topological polar surface area (TPSA) is 98.9 Å². The number of carboxylic acid groups (broad SMARTS) is 1. The van der Waals surface area contributed by atoms with Crippen LogP contribution in [0, 0.1) is 0 Å².